The fourth-order valence-electron chi connectivity index (χ4n) is 1.52. The first kappa shape index (κ1) is 11.4. The van der Waals surface area contributed by atoms with Gasteiger partial charge in [0.15, 0.2) is 5.13 Å². The summed E-state index contributed by atoms with van der Waals surface area (Å²) < 4.78 is 1.26. The first-order chi connectivity index (χ1) is 7.69. The van der Waals surface area contributed by atoms with E-state index < -0.39 is 0 Å². The topological polar surface area (TPSA) is 24.9 Å². The molecule has 1 atom stereocenters. The monoisotopic (exact) mass is 234 g/mol. The van der Waals surface area contributed by atoms with Gasteiger partial charge < -0.3 is 5.32 Å². The largest absolute Gasteiger partial charge is 0.361 e. The third-order valence-electron chi connectivity index (χ3n) is 2.84. The molecule has 0 saturated carbocycles. The van der Waals surface area contributed by atoms with Crippen molar-refractivity contribution in [2.75, 3.05) is 11.9 Å². The van der Waals surface area contributed by atoms with Gasteiger partial charge in [-0.2, -0.15) is 0 Å². The van der Waals surface area contributed by atoms with Crippen molar-refractivity contribution in [2.24, 2.45) is 5.92 Å². The number of aryl methyl sites for hydroxylation is 1. The number of anilines is 1. The van der Waals surface area contributed by atoms with Crippen LogP contribution in [0, 0.1) is 12.8 Å². The van der Waals surface area contributed by atoms with Crippen LogP contribution < -0.4 is 5.32 Å². The summed E-state index contributed by atoms with van der Waals surface area (Å²) >= 11 is 1.74. The molecule has 0 radical (unpaired) electrons. The highest BCUT2D eigenvalue weighted by Gasteiger charge is 2.04. The molecule has 0 spiro atoms. The number of thiazole rings is 1. The molecule has 1 aromatic carbocycles. The van der Waals surface area contributed by atoms with Crippen molar-refractivity contribution < 1.29 is 0 Å². The normalized spacial score (nSPS) is 12.9. The van der Waals surface area contributed by atoms with Crippen LogP contribution in [-0.4, -0.2) is 11.5 Å². The minimum atomic E-state index is 0.703. The second-order valence-electron chi connectivity index (χ2n) is 4.38. The second-order valence-corrected chi connectivity index (χ2v) is 5.42. The molecule has 86 valence electrons. The van der Waals surface area contributed by atoms with Crippen LogP contribution >= 0.6 is 11.3 Å². The number of benzene rings is 1. The molecule has 1 aromatic heterocycles. The van der Waals surface area contributed by atoms with Crippen molar-refractivity contribution in [3.05, 3.63) is 23.8 Å². The third kappa shape index (κ3) is 2.53. The van der Waals surface area contributed by atoms with E-state index in [0.29, 0.717) is 5.92 Å². The lowest BCUT2D eigenvalue weighted by Gasteiger charge is -2.07. The summed E-state index contributed by atoms with van der Waals surface area (Å²) in [4.78, 5) is 4.59. The van der Waals surface area contributed by atoms with Crippen molar-refractivity contribution in [1.82, 2.24) is 4.98 Å². The van der Waals surface area contributed by atoms with Crippen molar-refractivity contribution in [3.63, 3.8) is 0 Å². The smallest absolute Gasteiger partial charge is 0.183 e. The van der Waals surface area contributed by atoms with Gasteiger partial charge in [0.1, 0.15) is 0 Å². The van der Waals surface area contributed by atoms with Gasteiger partial charge in [-0.25, -0.2) is 4.98 Å². The van der Waals surface area contributed by atoms with Crippen LogP contribution in [0.3, 0.4) is 0 Å². The summed E-state index contributed by atoms with van der Waals surface area (Å²) in [5, 5.41) is 4.45. The van der Waals surface area contributed by atoms with Gasteiger partial charge in [-0.3, -0.25) is 0 Å². The lowest BCUT2D eigenvalue weighted by atomic mass is 10.1. The van der Waals surface area contributed by atoms with Crippen LogP contribution in [0.5, 0.6) is 0 Å². The molecule has 16 heavy (non-hydrogen) atoms. The van der Waals surface area contributed by atoms with Gasteiger partial charge in [0.05, 0.1) is 10.2 Å². The van der Waals surface area contributed by atoms with Gasteiger partial charge in [0.2, 0.25) is 0 Å². The number of nitrogens with zero attached hydrogens (tertiary/aromatic N) is 1. The van der Waals surface area contributed by atoms with Crippen molar-refractivity contribution in [3.8, 4) is 0 Å². The molecule has 1 unspecified atom stereocenters. The number of aromatic nitrogens is 1. The molecule has 1 heterocycles. The number of rotatable bonds is 4. The van der Waals surface area contributed by atoms with Crippen molar-refractivity contribution >= 4 is 26.7 Å². The van der Waals surface area contributed by atoms with E-state index in [1.54, 1.807) is 11.3 Å². The average Bonchev–Trinajstić information content (AvgIpc) is 2.67. The molecule has 3 heteroatoms. The molecule has 1 N–H and O–H groups in total. The molecule has 0 amide bonds. The van der Waals surface area contributed by atoms with E-state index in [2.05, 4.69) is 49.3 Å². The van der Waals surface area contributed by atoms with E-state index >= 15 is 0 Å². The highest BCUT2D eigenvalue weighted by Crippen LogP contribution is 2.26. The molecule has 0 bridgehead atoms. The molecule has 0 saturated heterocycles. The second kappa shape index (κ2) is 4.83. The summed E-state index contributed by atoms with van der Waals surface area (Å²) in [7, 11) is 0. The van der Waals surface area contributed by atoms with Crippen LogP contribution in [0.2, 0.25) is 0 Å². The number of nitrogens with one attached hydrogen (secondary N) is 1. The standard InChI is InChI=1S/C13H18N2S/c1-4-9(2)8-14-13-15-11-7-10(3)5-6-12(11)16-13/h5-7,9H,4,8H2,1-3H3,(H,14,15). The van der Waals surface area contributed by atoms with E-state index in [1.165, 1.54) is 16.7 Å². The zero-order chi connectivity index (χ0) is 11.5. The number of hydrogen-bond donors (Lipinski definition) is 1. The van der Waals surface area contributed by atoms with Gasteiger partial charge in [0, 0.05) is 6.54 Å². The Morgan fingerprint density at radius 3 is 3.00 bits per heavy atom. The Hall–Kier alpha value is -1.09. The summed E-state index contributed by atoms with van der Waals surface area (Å²) in [6.45, 7) is 7.58. The SMILES string of the molecule is CCC(C)CNc1nc2cc(C)ccc2s1. The van der Waals surface area contributed by atoms with Crippen LogP contribution in [0.4, 0.5) is 5.13 Å². The molecule has 0 aliphatic carbocycles. The number of hydrogen-bond acceptors (Lipinski definition) is 3. The molecule has 2 aromatic rings. The van der Waals surface area contributed by atoms with E-state index in [4.69, 9.17) is 0 Å². The van der Waals surface area contributed by atoms with Crippen LogP contribution in [0.15, 0.2) is 18.2 Å². The van der Waals surface area contributed by atoms with E-state index in [9.17, 15) is 0 Å². The lowest BCUT2D eigenvalue weighted by molar-refractivity contribution is 0.593. The fraction of sp³-hybridized carbons (Fsp3) is 0.462. The lowest BCUT2D eigenvalue weighted by Crippen LogP contribution is -2.09. The van der Waals surface area contributed by atoms with Crippen molar-refractivity contribution in [2.45, 2.75) is 27.2 Å². The predicted octanol–water partition coefficient (Wildman–Crippen LogP) is 4.06. The summed E-state index contributed by atoms with van der Waals surface area (Å²) in [6.07, 6.45) is 1.21. The highest BCUT2D eigenvalue weighted by molar-refractivity contribution is 7.22. The minimum Gasteiger partial charge on any atom is -0.361 e. The van der Waals surface area contributed by atoms with Crippen LogP contribution in [-0.2, 0) is 0 Å². The Balaban J connectivity index is 2.13. The Morgan fingerprint density at radius 1 is 1.44 bits per heavy atom. The molecule has 0 fully saturated rings. The first-order valence-electron chi connectivity index (χ1n) is 5.80. The number of fused-ring (bicyclic) bond motifs is 1. The van der Waals surface area contributed by atoms with Gasteiger partial charge in [0.25, 0.3) is 0 Å². The molecule has 0 aliphatic rings. The summed E-state index contributed by atoms with van der Waals surface area (Å²) in [5.74, 6) is 0.703. The molecule has 0 aliphatic heterocycles. The Labute approximate surface area is 101 Å². The van der Waals surface area contributed by atoms with Crippen LogP contribution in [0.1, 0.15) is 25.8 Å². The maximum atomic E-state index is 4.59. The Kier molecular flexibility index (Phi) is 3.44. The Morgan fingerprint density at radius 2 is 2.25 bits per heavy atom. The maximum Gasteiger partial charge on any atom is 0.183 e. The van der Waals surface area contributed by atoms with Crippen molar-refractivity contribution in [1.29, 1.82) is 0 Å². The van der Waals surface area contributed by atoms with Gasteiger partial charge in [-0.15, -0.1) is 0 Å². The van der Waals surface area contributed by atoms with E-state index in [0.717, 1.165) is 17.2 Å². The molecule has 2 nitrogen and oxygen atoms in total. The summed E-state index contributed by atoms with van der Waals surface area (Å²) in [6, 6.07) is 6.43. The highest BCUT2D eigenvalue weighted by atomic mass is 32.1. The van der Waals surface area contributed by atoms with Crippen LogP contribution in [0.25, 0.3) is 10.2 Å². The maximum absolute atomic E-state index is 4.59. The quantitative estimate of drug-likeness (QED) is 0.862. The zero-order valence-electron chi connectivity index (χ0n) is 10.1. The van der Waals surface area contributed by atoms with E-state index in [-0.39, 0.29) is 0 Å². The average molecular weight is 234 g/mol. The molecule has 2 rings (SSSR count). The predicted molar refractivity (Wildman–Crippen MR) is 72.3 cm³/mol. The van der Waals surface area contributed by atoms with Gasteiger partial charge in [-0.1, -0.05) is 37.7 Å². The zero-order valence-corrected chi connectivity index (χ0v) is 10.9. The first-order valence-corrected chi connectivity index (χ1v) is 6.61. The molecular weight excluding hydrogens is 216 g/mol. The van der Waals surface area contributed by atoms with Gasteiger partial charge >= 0.3 is 0 Å². The fourth-order valence-corrected chi connectivity index (χ4v) is 2.37. The van der Waals surface area contributed by atoms with E-state index in [1.807, 2.05) is 0 Å². The summed E-state index contributed by atoms with van der Waals surface area (Å²) in [5.41, 5.74) is 2.38. The Bertz CT molecular complexity index is 476. The third-order valence-corrected chi connectivity index (χ3v) is 3.84. The minimum absolute atomic E-state index is 0.703. The molecular formula is C13H18N2S. The van der Waals surface area contributed by atoms with Gasteiger partial charge in [-0.05, 0) is 30.5 Å².